The molecule has 0 atom stereocenters. The van der Waals surface area contributed by atoms with Gasteiger partial charge < -0.3 is 4.98 Å². The number of rotatable bonds is 4. The van der Waals surface area contributed by atoms with Crippen LogP contribution in [0.25, 0.3) is 0 Å². The molecule has 0 aliphatic heterocycles. The van der Waals surface area contributed by atoms with Crippen LogP contribution in [-0.2, 0) is 16.6 Å². The second-order valence-electron chi connectivity index (χ2n) is 3.77. The third-order valence-corrected chi connectivity index (χ3v) is 3.97. The van der Waals surface area contributed by atoms with Crippen LogP contribution in [0.3, 0.4) is 0 Å². The Morgan fingerprint density at radius 3 is 2.83 bits per heavy atom. The molecular formula is C11H12FN3O2S. The van der Waals surface area contributed by atoms with Crippen molar-refractivity contribution in [3.05, 3.63) is 47.8 Å². The summed E-state index contributed by atoms with van der Waals surface area (Å²) in [4.78, 5) is 6.76. The molecule has 0 aliphatic carbocycles. The van der Waals surface area contributed by atoms with Gasteiger partial charge in [0.05, 0.1) is 11.4 Å². The quantitative estimate of drug-likeness (QED) is 0.879. The predicted molar refractivity (Wildman–Crippen MR) is 63.8 cm³/mol. The van der Waals surface area contributed by atoms with Gasteiger partial charge in [0.15, 0.2) is 0 Å². The van der Waals surface area contributed by atoms with Crippen molar-refractivity contribution in [1.29, 1.82) is 0 Å². The van der Waals surface area contributed by atoms with Gasteiger partial charge in [-0.1, -0.05) is 0 Å². The first kappa shape index (κ1) is 12.7. The maximum Gasteiger partial charge on any atom is 0.241 e. The first-order chi connectivity index (χ1) is 8.49. The lowest BCUT2D eigenvalue weighted by Crippen LogP contribution is -2.24. The van der Waals surface area contributed by atoms with Crippen molar-refractivity contribution in [3.8, 4) is 0 Å². The molecule has 2 rings (SSSR count). The van der Waals surface area contributed by atoms with Gasteiger partial charge >= 0.3 is 0 Å². The van der Waals surface area contributed by atoms with Crippen molar-refractivity contribution < 1.29 is 12.8 Å². The highest BCUT2D eigenvalue weighted by Crippen LogP contribution is 2.16. The number of sulfonamides is 1. The molecule has 2 aromatic rings. The number of H-pyrrole nitrogens is 1. The molecule has 0 amide bonds. The van der Waals surface area contributed by atoms with Crippen molar-refractivity contribution in [2.45, 2.75) is 18.4 Å². The third-order valence-electron chi connectivity index (χ3n) is 2.41. The van der Waals surface area contributed by atoms with Crippen LogP contribution in [-0.4, -0.2) is 18.4 Å². The Labute approximate surface area is 104 Å². The molecule has 0 aliphatic rings. The van der Waals surface area contributed by atoms with Gasteiger partial charge in [0, 0.05) is 12.4 Å². The Hall–Kier alpha value is -1.73. The molecule has 1 aromatic heterocycles. The number of nitrogens with zero attached hydrogens (tertiary/aromatic N) is 1. The van der Waals surface area contributed by atoms with Crippen molar-refractivity contribution in [2.75, 3.05) is 0 Å². The number of nitrogens with one attached hydrogen (secondary N) is 2. The second kappa shape index (κ2) is 4.87. The van der Waals surface area contributed by atoms with Crippen LogP contribution in [0.15, 0.2) is 35.5 Å². The molecule has 1 aromatic carbocycles. The molecule has 0 fully saturated rings. The molecule has 0 unspecified atom stereocenters. The minimum absolute atomic E-state index is 0.0617. The van der Waals surface area contributed by atoms with Crippen LogP contribution in [0.5, 0.6) is 0 Å². The van der Waals surface area contributed by atoms with Gasteiger partial charge in [0.2, 0.25) is 10.0 Å². The van der Waals surface area contributed by atoms with Crippen molar-refractivity contribution >= 4 is 10.0 Å². The minimum Gasteiger partial charge on any atom is -0.347 e. The predicted octanol–water partition coefficient (Wildman–Crippen LogP) is 1.34. The van der Waals surface area contributed by atoms with Gasteiger partial charge in [0.1, 0.15) is 11.6 Å². The summed E-state index contributed by atoms with van der Waals surface area (Å²) in [6, 6.07) is 3.55. The third kappa shape index (κ3) is 2.74. The average molecular weight is 269 g/mol. The van der Waals surface area contributed by atoms with Crippen molar-refractivity contribution in [1.82, 2.24) is 14.7 Å². The van der Waals surface area contributed by atoms with E-state index in [9.17, 15) is 12.8 Å². The summed E-state index contributed by atoms with van der Waals surface area (Å²) >= 11 is 0. The van der Waals surface area contributed by atoms with E-state index >= 15 is 0 Å². The molecule has 0 spiro atoms. The zero-order chi connectivity index (χ0) is 13.2. The van der Waals surface area contributed by atoms with Gasteiger partial charge in [0.25, 0.3) is 0 Å². The number of imidazole rings is 1. The SMILES string of the molecule is Cc1cc(F)ccc1S(=O)(=O)NCc1ncc[nH]1. The summed E-state index contributed by atoms with van der Waals surface area (Å²) in [5.74, 6) is 0.0517. The van der Waals surface area contributed by atoms with Gasteiger partial charge in [-0.15, -0.1) is 0 Å². The average Bonchev–Trinajstić information content (AvgIpc) is 2.78. The molecule has 0 saturated carbocycles. The number of aryl methyl sites for hydroxylation is 1. The summed E-state index contributed by atoms with van der Waals surface area (Å²) in [6.07, 6.45) is 3.14. The Morgan fingerprint density at radius 1 is 1.44 bits per heavy atom. The highest BCUT2D eigenvalue weighted by atomic mass is 32.2. The number of aromatic nitrogens is 2. The van der Waals surface area contributed by atoms with E-state index in [1.807, 2.05) is 0 Å². The molecule has 18 heavy (non-hydrogen) atoms. The van der Waals surface area contributed by atoms with E-state index in [1.165, 1.54) is 18.3 Å². The topological polar surface area (TPSA) is 74.8 Å². The van der Waals surface area contributed by atoms with E-state index in [1.54, 1.807) is 13.1 Å². The maximum absolute atomic E-state index is 12.9. The van der Waals surface area contributed by atoms with Gasteiger partial charge in [-0.05, 0) is 30.7 Å². The fourth-order valence-corrected chi connectivity index (χ4v) is 2.76. The second-order valence-corrected chi connectivity index (χ2v) is 5.51. The Balaban J connectivity index is 2.20. The maximum atomic E-state index is 12.9. The van der Waals surface area contributed by atoms with Gasteiger partial charge in [-0.3, -0.25) is 0 Å². The van der Waals surface area contributed by atoms with E-state index in [2.05, 4.69) is 14.7 Å². The Bertz CT molecular complexity index is 638. The first-order valence-corrected chi connectivity index (χ1v) is 6.71. The standard InChI is InChI=1S/C11H12FN3O2S/c1-8-6-9(12)2-3-10(8)18(16,17)15-7-11-13-4-5-14-11/h2-6,15H,7H2,1H3,(H,13,14). The molecule has 5 nitrogen and oxygen atoms in total. The minimum atomic E-state index is -3.66. The largest absolute Gasteiger partial charge is 0.347 e. The lowest BCUT2D eigenvalue weighted by atomic mass is 10.2. The van der Waals surface area contributed by atoms with Gasteiger partial charge in [-0.25, -0.2) is 22.5 Å². The normalized spacial score (nSPS) is 11.7. The molecular weight excluding hydrogens is 257 g/mol. The lowest BCUT2D eigenvalue weighted by molar-refractivity contribution is 0.578. The number of benzene rings is 1. The smallest absolute Gasteiger partial charge is 0.241 e. The monoisotopic (exact) mass is 269 g/mol. The highest BCUT2D eigenvalue weighted by Gasteiger charge is 2.17. The van der Waals surface area contributed by atoms with Gasteiger partial charge in [-0.2, -0.15) is 0 Å². The number of hydrogen-bond donors (Lipinski definition) is 2. The molecule has 0 bridgehead atoms. The Kier molecular flexibility index (Phi) is 3.44. The highest BCUT2D eigenvalue weighted by molar-refractivity contribution is 7.89. The Morgan fingerprint density at radius 2 is 2.22 bits per heavy atom. The van der Waals surface area contributed by atoms with Crippen LogP contribution in [0.2, 0.25) is 0 Å². The lowest BCUT2D eigenvalue weighted by Gasteiger charge is -2.08. The molecule has 7 heteroatoms. The number of halogens is 1. The fourth-order valence-electron chi connectivity index (χ4n) is 1.55. The molecule has 0 radical (unpaired) electrons. The summed E-state index contributed by atoms with van der Waals surface area (Å²) in [6.45, 7) is 1.61. The van der Waals surface area contributed by atoms with E-state index in [4.69, 9.17) is 0 Å². The van der Waals surface area contributed by atoms with Crippen LogP contribution in [0, 0.1) is 12.7 Å². The van der Waals surface area contributed by atoms with Crippen molar-refractivity contribution in [2.24, 2.45) is 0 Å². The van der Waals surface area contributed by atoms with E-state index < -0.39 is 15.8 Å². The first-order valence-electron chi connectivity index (χ1n) is 5.23. The van der Waals surface area contributed by atoms with E-state index in [0.29, 0.717) is 11.4 Å². The van der Waals surface area contributed by atoms with E-state index in [0.717, 1.165) is 6.07 Å². The molecule has 2 N–H and O–H groups in total. The summed E-state index contributed by atoms with van der Waals surface area (Å²) in [5, 5.41) is 0. The van der Waals surface area contributed by atoms with Crippen molar-refractivity contribution in [3.63, 3.8) is 0 Å². The molecule has 0 saturated heterocycles. The summed E-state index contributed by atoms with van der Waals surface area (Å²) in [5.41, 5.74) is 0.363. The van der Waals surface area contributed by atoms with Crippen LogP contribution in [0.1, 0.15) is 11.4 Å². The summed E-state index contributed by atoms with van der Waals surface area (Å²) in [7, 11) is -3.66. The molecule has 1 heterocycles. The zero-order valence-electron chi connectivity index (χ0n) is 9.64. The fraction of sp³-hybridized carbons (Fsp3) is 0.182. The summed E-state index contributed by atoms with van der Waals surface area (Å²) < 4.78 is 39.3. The van der Waals surface area contributed by atoms with E-state index in [-0.39, 0.29) is 11.4 Å². The van der Waals surface area contributed by atoms with Crippen LogP contribution in [0.4, 0.5) is 4.39 Å². The number of hydrogen-bond acceptors (Lipinski definition) is 3. The number of aromatic amines is 1. The molecule has 96 valence electrons. The zero-order valence-corrected chi connectivity index (χ0v) is 10.5. The van der Waals surface area contributed by atoms with Crippen LogP contribution < -0.4 is 4.72 Å². The van der Waals surface area contributed by atoms with Crippen LogP contribution >= 0.6 is 0 Å².